The molecule has 2 aromatic heterocycles. The van der Waals surface area contributed by atoms with Gasteiger partial charge in [-0.25, -0.2) is 15.0 Å². The zero-order valence-corrected chi connectivity index (χ0v) is 31.0. The van der Waals surface area contributed by atoms with Crippen molar-refractivity contribution in [3.8, 4) is 67.5 Å². The van der Waals surface area contributed by atoms with Gasteiger partial charge in [-0.1, -0.05) is 177 Å². The highest BCUT2D eigenvalue weighted by Crippen LogP contribution is 2.45. The van der Waals surface area contributed by atoms with Gasteiger partial charge in [-0.3, -0.25) is 0 Å². The average Bonchev–Trinajstić information content (AvgIpc) is 3.60. The summed E-state index contributed by atoms with van der Waals surface area (Å²) in [5.41, 5.74) is 12.3. The summed E-state index contributed by atoms with van der Waals surface area (Å²) in [6.07, 6.45) is 9.02. The van der Waals surface area contributed by atoms with Crippen LogP contribution >= 0.6 is 0 Å². The first-order valence-electron chi connectivity index (χ1n) is 19.2. The van der Waals surface area contributed by atoms with Crippen LogP contribution in [-0.2, 0) is 0 Å². The normalized spacial score (nSPS) is 15.1. The van der Waals surface area contributed by atoms with Gasteiger partial charge in [0.15, 0.2) is 17.5 Å². The van der Waals surface area contributed by atoms with Crippen molar-refractivity contribution in [1.82, 2.24) is 19.5 Å². The molecule has 0 spiro atoms. The number of aromatic nitrogens is 4. The summed E-state index contributed by atoms with van der Waals surface area (Å²) in [6.45, 7) is 2.31. The summed E-state index contributed by atoms with van der Waals surface area (Å²) < 4.78 is 2.56. The molecule has 2 atom stereocenters. The number of benzene rings is 7. The fourth-order valence-corrected chi connectivity index (χ4v) is 8.12. The Labute approximate surface area is 326 Å². The van der Waals surface area contributed by atoms with E-state index in [1.807, 2.05) is 60.7 Å². The molecule has 2 unspecified atom stereocenters. The van der Waals surface area contributed by atoms with E-state index in [0.717, 1.165) is 22.3 Å². The number of rotatable bonds is 7. The molecule has 4 nitrogen and oxygen atoms in total. The summed E-state index contributed by atoms with van der Waals surface area (Å²) in [4.78, 5) is 15.1. The van der Waals surface area contributed by atoms with Gasteiger partial charge in [0.25, 0.3) is 0 Å². The summed E-state index contributed by atoms with van der Waals surface area (Å²) in [5, 5.41) is 2.46. The van der Waals surface area contributed by atoms with Crippen LogP contribution in [0.3, 0.4) is 0 Å². The van der Waals surface area contributed by atoms with Crippen molar-refractivity contribution >= 4 is 21.8 Å². The van der Waals surface area contributed by atoms with Crippen molar-refractivity contribution in [2.75, 3.05) is 0 Å². The third kappa shape index (κ3) is 6.11. The minimum absolute atomic E-state index is 0.158. The maximum Gasteiger partial charge on any atom is 0.164 e. The van der Waals surface area contributed by atoms with Gasteiger partial charge in [0.1, 0.15) is 0 Å². The molecule has 266 valence electrons. The lowest BCUT2D eigenvalue weighted by molar-refractivity contribution is 0.510. The summed E-state index contributed by atoms with van der Waals surface area (Å²) in [6, 6.07) is 62.3. The summed E-state index contributed by atoms with van der Waals surface area (Å²) in [7, 11) is 0. The molecule has 2 heterocycles. The van der Waals surface area contributed by atoms with E-state index in [9.17, 15) is 0 Å². The molecular weight excluding hydrogens is 681 g/mol. The smallest absolute Gasteiger partial charge is 0.164 e. The molecule has 0 saturated heterocycles. The average molecular weight is 719 g/mol. The van der Waals surface area contributed by atoms with Crippen molar-refractivity contribution < 1.29 is 0 Å². The van der Waals surface area contributed by atoms with Crippen LogP contribution < -0.4 is 0 Å². The maximum atomic E-state index is 5.09. The topological polar surface area (TPSA) is 43.6 Å². The number of nitrogens with zero attached hydrogens (tertiary/aromatic N) is 4. The summed E-state index contributed by atoms with van der Waals surface area (Å²) >= 11 is 0. The molecule has 0 saturated carbocycles. The molecule has 0 amide bonds. The van der Waals surface area contributed by atoms with Crippen molar-refractivity contribution in [2.24, 2.45) is 5.92 Å². The van der Waals surface area contributed by atoms with Crippen molar-refractivity contribution in [1.29, 1.82) is 0 Å². The Bertz CT molecular complexity index is 2850. The molecule has 56 heavy (non-hydrogen) atoms. The Morgan fingerprint density at radius 2 is 0.911 bits per heavy atom. The number of allylic oxidation sites excluding steroid dienone is 4. The van der Waals surface area contributed by atoms with Crippen LogP contribution in [0.25, 0.3) is 89.4 Å². The molecule has 0 radical (unpaired) electrons. The van der Waals surface area contributed by atoms with Crippen LogP contribution in [0.15, 0.2) is 200 Å². The molecular formula is C52H38N4. The van der Waals surface area contributed by atoms with Crippen LogP contribution in [0, 0.1) is 5.92 Å². The van der Waals surface area contributed by atoms with Crippen LogP contribution in [0.2, 0.25) is 0 Å². The van der Waals surface area contributed by atoms with Crippen molar-refractivity contribution in [3.63, 3.8) is 0 Å². The predicted molar refractivity (Wildman–Crippen MR) is 232 cm³/mol. The number of fused-ring (bicyclic) bond motifs is 3. The molecule has 0 fully saturated rings. The second kappa shape index (κ2) is 14.2. The largest absolute Gasteiger partial charge is 0.333 e. The molecule has 10 rings (SSSR count). The van der Waals surface area contributed by atoms with E-state index >= 15 is 0 Å². The van der Waals surface area contributed by atoms with Gasteiger partial charge in [0.05, 0.1) is 11.6 Å². The van der Waals surface area contributed by atoms with E-state index in [4.69, 9.17) is 15.0 Å². The highest BCUT2D eigenvalue weighted by molar-refractivity contribution is 6.17. The quantitative estimate of drug-likeness (QED) is 0.165. The Morgan fingerprint density at radius 1 is 0.393 bits per heavy atom. The van der Waals surface area contributed by atoms with Gasteiger partial charge in [-0.2, -0.15) is 0 Å². The SMILES string of the molecule is CC1C=CC=CC1n1c2ccc(-c3ccccc3)cc2c2c(-c3cccc(-c4nc(-c5ccccc5)nc(-c5ccccc5)n4)c3)cc(-c3ccccc3)cc21. The molecule has 1 aliphatic carbocycles. The molecule has 9 aromatic rings. The highest BCUT2D eigenvalue weighted by Gasteiger charge is 2.25. The first-order chi connectivity index (χ1) is 27.7. The monoisotopic (exact) mass is 718 g/mol. The Kier molecular flexibility index (Phi) is 8.49. The minimum Gasteiger partial charge on any atom is -0.333 e. The van der Waals surface area contributed by atoms with E-state index in [1.165, 1.54) is 49.6 Å². The number of hydrogen-bond acceptors (Lipinski definition) is 3. The van der Waals surface area contributed by atoms with Crippen LogP contribution in [0.5, 0.6) is 0 Å². The minimum atomic E-state index is 0.158. The van der Waals surface area contributed by atoms with Gasteiger partial charge in [0.2, 0.25) is 0 Å². The van der Waals surface area contributed by atoms with Crippen LogP contribution in [-0.4, -0.2) is 19.5 Å². The van der Waals surface area contributed by atoms with Crippen LogP contribution in [0.1, 0.15) is 13.0 Å². The van der Waals surface area contributed by atoms with E-state index < -0.39 is 0 Å². The molecule has 1 aliphatic rings. The van der Waals surface area contributed by atoms with Gasteiger partial charge in [-0.15, -0.1) is 0 Å². The molecule has 0 bridgehead atoms. The van der Waals surface area contributed by atoms with Crippen LogP contribution in [0.4, 0.5) is 0 Å². The summed E-state index contributed by atoms with van der Waals surface area (Å²) in [5.74, 6) is 2.25. The molecule has 4 heteroatoms. The zero-order valence-electron chi connectivity index (χ0n) is 31.0. The van der Waals surface area contributed by atoms with Crippen molar-refractivity contribution in [3.05, 3.63) is 200 Å². The number of hydrogen-bond donors (Lipinski definition) is 0. The predicted octanol–water partition coefficient (Wildman–Crippen LogP) is 13.3. The first kappa shape index (κ1) is 33.4. The Morgan fingerprint density at radius 3 is 1.52 bits per heavy atom. The standard InChI is InChI=1S/C52H38N4/c1-35-17-14-15-28-46(35)56-47-30-29-40(36-18-6-2-7-19-36)32-45(47)49-44(33-43(34-48(49)56)37-20-8-3-9-21-37)41-26-16-27-42(31-41)52-54-50(38-22-10-4-11-23-38)53-51(55-52)39-24-12-5-13-25-39/h2-35,46H,1H3. The van der Waals surface area contributed by atoms with E-state index in [0.29, 0.717) is 23.4 Å². The zero-order chi connectivity index (χ0) is 37.4. The third-order valence-electron chi connectivity index (χ3n) is 10.9. The van der Waals surface area contributed by atoms with Gasteiger partial charge >= 0.3 is 0 Å². The van der Waals surface area contributed by atoms with Gasteiger partial charge in [0, 0.05) is 33.0 Å². The van der Waals surface area contributed by atoms with Crippen molar-refractivity contribution in [2.45, 2.75) is 13.0 Å². The maximum absolute atomic E-state index is 5.09. The van der Waals surface area contributed by atoms with E-state index in [1.54, 1.807) is 0 Å². The Hall–Kier alpha value is -7.17. The molecule has 0 N–H and O–H groups in total. The second-order valence-electron chi connectivity index (χ2n) is 14.5. The molecule has 0 aliphatic heterocycles. The fraction of sp³-hybridized carbons (Fsp3) is 0.0577. The highest BCUT2D eigenvalue weighted by atomic mass is 15.0. The van der Waals surface area contributed by atoms with Gasteiger partial charge < -0.3 is 4.57 Å². The van der Waals surface area contributed by atoms with Gasteiger partial charge in [-0.05, 0) is 69.6 Å². The fourth-order valence-electron chi connectivity index (χ4n) is 8.12. The lowest BCUT2D eigenvalue weighted by Gasteiger charge is -2.25. The Balaban J connectivity index is 1.24. The first-order valence-corrected chi connectivity index (χ1v) is 19.2. The van der Waals surface area contributed by atoms with E-state index in [-0.39, 0.29) is 6.04 Å². The molecule has 7 aromatic carbocycles. The second-order valence-corrected chi connectivity index (χ2v) is 14.5. The van der Waals surface area contributed by atoms with E-state index in [2.05, 4.69) is 151 Å². The lowest BCUT2D eigenvalue weighted by Crippen LogP contribution is -2.15. The third-order valence-corrected chi connectivity index (χ3v) is 10.9. The lowest BCUT2D eigenvalue weighted by atomic mass is 9.92.